The average Bonchev–Trinajstić information content (AvgIpc) is 2.82. The largest absolute Gasteiger partial charge is 0.367 e. The molecule has 0 unspecified atom stereocenters. The molecule has 96 valence electrons. The summed E-state index contributed by atoms with van der Waals surface area (Å²) < 4.78 is 0. The molecular formula is C13H16ClN3S. The Morgan fingerprint density at radius 3 is 2.89 bits per heavy atom. The average molecular weight is 282 g/mol. The number of nitrogens with two attached hydrogens (primary N) is 1. The highest BCUT2D eigenvalue weighted by atomic mass is 35.5. The van der Waals surface area contributed by atoms with Gasteiger partial charge in [-0.05, 0) is 30.7 Å². The monoisotopic (exact) mass is 281 g/mol. The molecule has 0 radical (unpaired) electrons. The zero-order valence-corrected chi connectivity index (χ0v) is 11.8. The van der Waals surface area contributed by atoms with Crippen LogP contribution in [0.5, 0.6) is 0 Å². The molecule has 0 atom stereocenters. The van der Waals surface area contributed by atoms with Gasteiger partial charge in [-0.25, -0.2) is 4.98 Å². The highest BCUT2D eigenvalue weighted by Gasteiger charge is 2.08. The van der Waals surface area contributed by atoms with E-state index in [9.17, 15) is 0 Å². The molecule has 5 heteroatoms. The van der Waals surface area contributed by atoms with Gasteiger partial charge in [0.15, 0.2) is 0 Å². The van der Waals surface area contributed by atoms with Gasteiger partial charge in [-0.3, -0.25) is 0 Å². The summed E-state index contributed by atoms with van der Waals surface area (Å²) in [5, 5.41) is 2.81. The highest BCUT2D eigenvalue weighted by Crippen LogP contribution is 2.27. The van der Waals surface area contributed by atoms with Crippen molar-refractivity contribution in [2.24, 2.45) is 5.73 Å². The molecule has 0 amide bonds. The molecule has 3 nitrogen and oxygen atoms in total. The normalized spacial score (nSPS) is 10.6. The predicted molar refractivity (Wildman–Crippen MR) is 78.4 cm³/mol. The van der Waals surface area contributed by atoms with Crippen LogP contribution < -0.4 is 10.6 Å². The Morgan fingerprint density at radius 1 is 1.44 bits per heavy atom. The number of benzene rings is 1. The molecule has 0 saturated carbocycles. The van der Waals surface area contributed by atoms with E-state index in [0.717, 1.165) is 29.4 Å². The van der Waals surface area contributed by atoms with Crippen molar-refractivity contribution in [1.82, 2.24) is 4.98 Å². The number of nitrogens with zero attached hydrogens (tertiary/aromatic N) is 2. The summed E-state index contributed by atoms with van der Waals surface area (Å²) >= 11 is 7.91. The van der Waals surface area contributed by atoms with E-state index in [-0.39, 0.29) is 0 Å². The van der Waals surface area contributed by atoms with Crippen molar-refractivity contribution in [3.05, 3.63) is 45.4 Å². The van der Waals surface area contributed by atoms with Gasteiger partial charge in [0, 0.05) is 12.4 Å². The molecule has 0 saturated heterocycles. The van der Waals surface area contributed by atoms with E-state index >= 15 is 0 Å². The van der Waals surface area contributed by atoms with Crippen LogP contribution >= 0.6 is 22.9 Å². The fourth-order valence-corrected chi connectivity index (χ4v) is 2.72. The molecule has 0 aliphatic rings. The summed E-state index contributed by atoms with van der Waals surface area (Å²) in [4.78, 5) is 6.38. The molecule has 2 rings (SSSR count). The molecule has 0 aliphatic carbocycles. The van der Waals surface area contributed by atoms with E-state index in [0.29, 0.717) is 6.54 Å². The lowest BCUT2D eigenvalue weighted by molar-refractivity contribution is 0.893. The summed E-state index contributed by atoms with van der Waals surface area (Å²) in [6.45, 7) is 1.41. The molecule has 1 heterocycles. The molecule has 0 aliphatic heterocycles. The summed E-state index contributed by atoms with van der Waals surface area (Å²) in [5.41, 5.74) is 10.6. The quantitative estimate of drug-likeness (QED) is 0.916. The molecular weight excluding hydrogens is 266 g/mol. The second kappa shape index (κ2) is 6.18. The Morgan fingerprint density at radius 2 is 2.28 bits per heavy atom. The Balaban J connectivity index is 2.12. The molecule has 18 heavy (non-hydrogen) atoms. The fourth-order valence-electron chi connectivity index (χ4n) is 1.83. The number of hydrogen-bond acceptors (Lipinski definition) is 4. The maximum atomic E-state index is 6.30. The molecule has 0 bridgehead atoms. The third kappa shape index (κ3) is 3.22. The van der Waals surface area contributed by atoms with Gasteiger partial charge >= 0.3 is 0 Å². The van der Waals surface area contributed by atoms with Gasteiger partial charge in [0.2, 0.25) is 0 Å². The van der Waals surface area contributed by atoms with Crippen molar-refractivity contribution in [3.8, 4) is 0 Å². The van der Waals surface area contributed by atoms with Gasteiger partial charge < -0.3 is 10.6 Å². The van der Waals surface area contributed by atoms with Crippen LogP contribution in [0.3, 0.4) is 0 Å². The van der Waals surface area contributed by atoms with Crippen molar-refractivity contribution in [1.29, 1.82) is 0 Å². The maximum Gasteiger partial charge on any atom is 0.0795 e. The Bertz CT molecular complexity index is 499. The second-order valence-corrected chi connectivity index (χ2v) is 5.29. The third-order valence-corrected chi connectivity index (χ3v) is 3.68. The van der Waals surface area contributed by atoms with Gasteiger partial charge in [0.25, 0.3) is 0 Å². The first-order chi connectivity index (χ1) is 8.70. The van der Waals surface area contributed by atoms with Crippen molar-refractivity contribution < 1.29 is 0 Å². The lowest BCUT2D eigenvalue weighted by atomic mass is 10.1. The molecule has 0 fully saturated rings. The minimum absolute atomic E-state index is 0.643. The Hall–Kier alpha value is -1.10. The predicted octanol–water partition coefficient (Wildman–Crippen LogP) is 2.93. The number of anilines is 1. The van der Waals surface area contributed by atoms with E-state index in [1.165, 1.54) is 5.56 Å². The molecule has 1 aromatic heterocycles. The lowest BCUT2D eigenvalue weighted by Crippen LogP contribution is -2.17. The van der Waals surface area contributed by atoms with Gasteiger partial charge in [-0.1, -0.05) is 17.7 Å². The summed E-state index contributed by atoms with van der Waals surface area (Å²) in [6, 6.07) is 6.10. The van der Waals surface area contributed by atoms with Crippen molar-refractivity contribution in [2.45, 2.75) is 13.0 Å². The fraction of sp³-hybridized carbons (Fsp3) is 0.308. The van der Waals surface area contributed by atoms with Gasteiger partial charge in [-0.15, -0.1) is 11.3 Å². The first-order valence-electron chi connectivity index (χ1n) is 5.77. The maximum absolute atomic E-state index is 6.30. The number of aromatic nitrogens is 1. The van der Waals surface area contributed by atoms with Crippen LogP contribution in [-0.2, 0) is 13.0 Å². The van der Waals surface area contributed by atoms with Crippen LogP contribution in [0.4, 0.5) is 5.69 Å². The van der Waals surface area contributed by atoms with Crippen LogP contribution in [-0.4, -0.2) is 18.6 Å². The second-order valence-electron chi connectivity index (χ2n) is 4.16. The molecule has 2 aromatic rings. The molecule has 2 N–H and O–H groups in total. The number of thiazole rings is 1. The van der Waals surface area contributed by atoms with Crippen LogP contribution in [0.15, 0.2) is 29.1 Å². The summed E-state index contributed by atoms with van der Waals surface area (Å²) in [7, 11) is 2.02. The van der Waals surface area contributed by atoms with Gasteiger partial charge in [-0.2, -0.15) is 0 Å². The van der Waals surface area contributed by atoms with Crippen molar-refractivity contribution in [2.75, 3.05) is 18.5 Å². The number of halogens is 1. The number of hydrogen-bond donors (Lipinski definition) is 1. The van der Waals surface area contributed by atoms with Crippen molar-refractivity contribution >= 4 is 28.6 Å². The van der Waals surface area contributed by atoms with E-state index in [1.807, 2.05) is 30.1 Å². The molecule has 1 aromatic carbocycles. The third-order valence-electron chi connectivity index (χ3n) is 2.74. The van der Waals surface area contributed by atoms with Gasteiger partial charge in [0.1, 0.15) is 0 Å². The first-order valence-corrected chi connectivity index (χ1v) is 7.09. The summed E-state index contributed by atoms with van der Waals surface area (Å²) in [6.07, 6.45) is 0.857. The highest BCUT2D eigenvalue weighted by molar-refractivity contribution is 7.07. The van der Waals surface area contributed by atoms with E-state index in [1.54, 1.807) is 11.3 Å². The van der Waals surface area contributed by atoms with Crippen LogP contribution in [0.25, 0.3) is 0 Å². The minimum Gasteiger partial charge on any atom is -0.367 e. The smallest absolute Gasteiger partial charge is 0.0795 e. The van der Waals surface area contributed by atoms with E-state index in [2.05, 4.69) is 16.0 Å². The topological polar surface area (TPSA) is 42.2 Å². The SMILES string of the molecule is CN(Cc1cscn1)c1ccc(CCN)cc1Cl. The minimum atomic E-state index is 0.643. The lowest BCUT2D eigenvalue weighted by Gasteiger charge is -2.20. The summed E-state index contributed by atoms with van der Waals surface area (Å²) in [5.74, 6) is 0. The van der Waals surface area contributed by atoms with Gasteiger partial charge in [0.05, 0.1) is 28.5 Å². The van der Waals surface area contributed by atoms with Crippen molar-refractivity contribution in [3.63, 3.8) is 0 Å². The number of rotatable bonds is 5. The first kappa shape index (κ1) is 13.3. The van der Waals surface area contributed by atoms with E-state index in [4.69, 9.17) is 17.3 Å². The zero-order valence-electron chi connectivity index (χ0n) is 10.3. The Labute approximate surface area is 116 Å². The molecule has 0 spiro atoms. The van der Waals surface area contributed by atoms with E-state index < -0.39 is 0 Å². The van der Waals surface area contributed by atoms with Crippen LogP contribution in [0, 0.1) is 0 Å². The van der Waals surface area contributed by atoms with Crippen LogP contribution in [0.1, 0.15) is 11.3 Å². The zero-order chi connectivity index (χ0) is 13.0. The Kier molecular flexibility index (Phi) is 4.58. The standard InChI is InChI=1S/C13H16ClN3S/c1-17(7-11-8-18-9-16-11)13-3-2-10(4-5-15)6-12(13)14/h2-3,6,8-9H,4-5,7,15H2,1H3. The van der Waals surface area contributed by atoms with Crippen LogP contribution in [0.2, 0.25) is 5.02 Å².